The molecule has 3 aromatic heterocycles. The van der Waals surface area contributed by atoms with Gasteiger partial charge in [0, 0.05) is 31.1 Å². The molecule has 1 saturated heterocycles. The van der Waals surface area contributed by atoms with Crippen molar-refractivity contribution < 1.29 is 19.4 Å². The molecule has 12 heteroatoms. The van der Waals surface area contributed by atoms with Crippen molar-refractivity contribution in [1.29, 1.82) is 0 Å². The van der Waals surface area contributed by atoms with Crippen LogP contribution in [0.1, 0.15) is 17.5 Å². The topological polar surface area (TPSA) is 161 Å². The minimum Gasteiger partial charge on any atom is -0.481 e. The molecule has 1 aromatic carbocycles. The quantitative estimate of drug-likeness (QED) is 0.358. The fourth-order valence-corrected chi connectivity index (χ4v) is 3.93. The van der Waals surface area contributed by atoms with Gasteiger partial charge in [-0.25, -0.2) is 14.6 Å². The Kier molecular flexibility index (Phi) is 5.99. The summed E-state index contributed by atoms with van der Waals surface area (Å²) in [4.78, 5) is 38.3. The first-order chi connectivity index (χ1) is 17.0. The second-order valence-electron chi connectivity index (χ2n) is 7.91. The first kappa shape index (κ1) is 22.7. The van der Waals surface area contributed by atoms with Crippen LogP contribution in [-0.4, -0.2) is 62.1 Å². The number of methoxy groups -OCH3 is 1. The van der Waals surface area contributed by atoms with Gasteiger partial charge < -0.3 is 25.3 Å². The van der Waals surface area contributed by atoms with E-state index in [1.165, 1.54) is 12.0 Å². The Morgan fingerprint density at radius 2 is 2.14 bits per heavy atom. The van der Waals surface area contributed by atoms with Gasteiger partial charge in [-0.2, -0.15) is 0 Å². The number of aromatic nitrogens is 5. The van der Waals surface area contributed by atoms with Crippen LogP contribution in [0.15, 0.2) is 53.6 Å². The number of carbonyl (C=O) groups is 1. The lowest BCUT2D eigenvalue weighted by Gasteiger charge is -2.32. The zero-order valence-electron chi connectivity index (χ0n) is 18.8. The van der Waals surface area contributed by atoms with Crippen LogP contribution >= 0.6 is 0 Å². The molecule has 1 fully saturated rings. The fraction of sp³-hybridized carbons (Fsp3) is 0.261. The van der Waals surface area contributed by atoms with Gasteiger partial charge in [0.25, 0.3) is 11.5 Å². The highest BCUT2D eigenvalue weighted by Crippen LogP contribution is 2.25. The number of amides is 1. The second-order valence-corrected chi connectivity index (χ2v) is 7.91. The number of ether oxygens (including phenoxy) is 2. The van der Waals surface area contributed by atoms with E-state index >= 15 is 0 Å². The maximum absolute atomic E-state index is 13.2. The van der Waals surface area contributed by atoms with E-state index in [2.05, 4.69) is 20.1 Å². The van der Waals surface area contributed by atoms with Crippen LogP contribution in [0, 0.1) is 0 Å². The monoisotopic (exact) mass is 477 g/mol. The first-order valence-corrected chi connectivity index (χ1v) is 10.9. The number of rotatable bonds is 6. The highest BCUT2D eigenvalue weighted by atomic mass is 16.5. The predicted octanol–water partition coefficient (Wildman–Crippen LogP) is 0.437. The molecule has 0 unspecified atom stereocenters. The van der Waals surface area contributed by atoms with E-state index in [0.29, 0.717) is 28.3 Å². The summed E-state index contributed by atoms with van der Waals surface area (Å²) < 4.78 is 12.3. The van der Waals surface area contributed by atoms with Gasteiger partial charge in [-0.1, -0.05) is 6.07 Å². The Morgan fingerprint density at radius 1 is 1.29 bits per heavy atom. The molecule has 0 saturated carbocycles. The Morgan fingerprint density at radius 3 is 2.94 bits per heavy atom. The largest absolute Gasteiger partial charge is 0.481 e. The number of nitrogens with zero attached hydrogens (tertiary/aromatic N) is 5. The van der Waals surface area contributed by atoms with Crippen molar-refractivity contribution in [3.05, 3.63) is 70.5 Å². The van der Waals surface area contributed by atoms with Gasteiger partial charge in [-0.15, -0.1) is 5.10 Å². The summed E-state index contributed by atoms with van der Waals surface area (Å²) in [6.07, 6.45) is 0.550. The molecule has 4 heterocycles. The third-order valence-corrected chi connectivity index (χ3v) is 5.76. The third-order valence-electron chi connectivity index (χ3n) is 5.76. The summed E-state index contributed by atoms with van der Waals surface area (Å²) in [5.74, 6) is 0.266. The molecular weight excluding hydrogens is 454 g/mol. The van der Waals surface area contributed by atoms with Crippen molar-refractivity contribution in [3.63, 3.8) is 0 Å². The van der Waals surface area contributed by atoms with Gasteiger partial charge in [0.2, 0.25) is 5.88 Å². The molecule has 0 aliphatic carbocycles. The summed E-state index contributed by atoms with van der Waals surface area (Å²) in [5.41, 5.74) is 7.07. The lowest BCUT2D eigenvalue weighted by Crippen LogP contribution is -2.50. The zero-order valence-corrected chi connectivity index (χ0v) is 18.8. The van der Waals surface area contributed by atoms with Crippen LogP contribution in [0.25, 0.3) is 16.6 Å². The molecule has 4 aromatic rings. The molecule has 0 bridgehead atoms. The van der Waals surface area contributed by atoms with Crippen molar-refractivity contribution in [3.8, 4) is 11.6 Å². The molecule has 1 aliphatic rings. The van der Waals surface area contributed by atoms with Crippen molar-refractivity contribution in [2.75, 3.05) is 25.2 Å². The van der Waals surface area contributed by atoms with Crippen LogP contribution in [0.2, 0.25) is 0 Å². The molecule has 12 nitrogen and oxygen atoms in total. The SMILES string of the molecule is COc1cc(-n2ccc(N3CCO[C@H]([C@@H](O)c4nc5ccc(CN)cc5c(=O)[nH]4)C3=O)n2)ccn1. The molecule has 1 amide bonds. The van der Waals surface area contributed by atoms with Gasteiger partial charge in [0.1, 0.15) is 11.9 Å². The number of morpholine rings is 1. The normalized spacial score (nSPS) is 17.1. The molecule has 5 rings (SSSR count). The van der Waals surface area contributed by atoms with Crippen LogP contribution in [0.4, 0.5) is 5.82 Å². The molecule has 0 radical (unpaired) electrons. The number of fused-ring (bicyclic) bond motifs is 1. The number of anilines is 1. The molecule has 2 atom stereocenters. The van der Waals surface area contributed by atoms with Crippen LogP contribution in [0.5, 0.6) is 5.88 Å². The highest BCUT2D eigenvalue weighted by Gasteiger charge is 2.38. The van der Waals surface area contributed by atoms with E-state index in [9.17, 15) is 14.7 Å². The Labute approximate surface area is 198 Å². The smallest absolute Gasteiger partial charge is 0.260 e. The Bertz CT molecular complexity index is 1450. The minimum atomic E-state index is -1.48. The number of aliphatic hydroxyl groups is 1. The zero-order chi connectivity index (χ0) is 24.5. The summed E-state index contributed by atoms with van der Waals surface area (Å²) in [7, 11) is 1.52. The molecule has 0 spiro atoms. The molecule has 35 heavy (non-hydrogen) atoms. The first-order valence-electron chi connectivity index (χ1n) is 10.9. The number of aliphatic hydroxyl groups excluding tert-OH is 1. The van der Waals surface area contributed by atoms with E-state index in [1.54, 1.807) is 53.5 Å². The van der Waals surface area contributed by atoms with Crippen LogP contribution in [-0.2, 0) is 16.1 Å². The maximum Gasteiger partial charge on any atom is 0.260 e. The van der Waals surface area contributed by atoms with Crippen molar-refractivity contribution in [2.24, 2.45) is 5.73 Å². The van der Waals surface area contributed by atoms with E-state index in [4.69, 9.17) is 15.2 Å². The van der Waals surface area contributed by atoms with E-state index < -0.39 is 23.7 Å². The van der Waals surface area contributed by atoms with Crippen molar-refractivity contribution in [2.45, 2.75) is 18.8 Å². The van der Waals surface area contributed by atoms with Gasteiger partial charge in [0.05, 0.1) is 36.9 Å². The standard InChI is InChI=1S/C23H23N7O5/c1-34-18-11-14(4-6-25-18)30-7-5-17(28-30)29-8-9-35-20(23(29)33)19(31)21-26-16-3-2-13(12-24)10-15(16)22(32)27-21/h2-7,10-11,19-20,31H,8-9,12,24H2,1H3,(H,26,27,32)/t19-,20-/m1/s1. The van der Waals surface area contributed by atoms with Crippen molar-refractivity contribution >= 4 is 22.6 Å². The summed E-state index contributed by atoms with van der Waals surface area (Å²) >= 11 is 0. The van der Waals surface area contributed by atoms with Gasteiger partial charge in [0.15, 0.2) is 11.9 Å². The second kappa shape index (κ2) is 9.25. The average Bonchev–Trinajstić information content (AvgIpc) is 3.38. The summed E-state index contributed by atoms with van der Waals surface area (Å²) in [6.45, 7) is 0.702. The molecular formula is C23H23N7O5. The Hall–Kier alpha value is -4.13. The minimum absolute atomic E-state index is 0.0578. The highest BCUT2D eigenvalue weighted by molar-refractivity contribution is 5.96. The number of hydrogen-bond acceptors (Lipinski definition) is 9. The number of H-pyrrole nitrogens is 1. The van der Waals surface area contributed by atoms with Crippen LogP contribution in [0.3, 0.4) is 0 Å². The Balaban J connectivity index is 1.40. The van der Waals surface area contributed by atoms with Gasteiger partial charge >= 0.3 is 0 Å². The molecule has 180 valence electrons. The molecule has 4 N–H and O–H groups in total. The number of nitrogens with one attached hydrogen (secondary N) is 1. The number of benzene rings is 1. The number of pyridine rings is 1. The summed E-state index contributed by atoms with van der Waals surface area (Å²) in [6, 6.07) is 10.2. The van der Waals surface area contributed by atoms with Crippen LogP contribution < -0.4 is 20.9 Å². The van der Waals surface area contributed by atoms with E-state index in [1.807, 2.05) is 0 Å². The van der Waals surface area contributed by atoms with Crippen molar-refractivity contribution in [1.82, 2.24) is 24.7 Å². The van der Waals surface area contributed by atoms with E-state index in [-0.39, 0.29) is 25.5 Å². The third kappa shape index (κ3) is 4.25. The average molecular weight is 477 g/mol. The maximum atomic E-state index is 13.2. The summed E-state index contributed by atoms with van der Waals surface area (Å²) in [5, 5.41) is 15.8. The fourth-order valence-electron chi connectivity index (χ4n) is 3.93. The van der Waals surface area contributed by atoms with E-state index in [0.717, 1.165) is 5.56 Å². The number of nitrogens with two attached hydrogens (primary N) is 1. The lowest BCUT2D eigenvalue weighted by atomic mass is 10.1. The van der Waals surface area contributed by atoms with Gasteiger partial charge in [-0.05, 0) is 23.8 Å². The number of carbonyl (C=O) groups excluding carboxylic acids is 1. The lowest BCUT2D eigenvalue weighted by molar-refractivity contribution is -0.143. The van der Waals surface area contributed by atoms with Gasteiger partial charge in [-0.3, -0.25) is 14.5 Å². The number of aromatic amines is 1. The molecule has 1 aliphatic heterocycles. The number of hydrogen-bond donors (Lipinski definition) is 3. The predicted molar refractivity (Wildman–Crippen MR) is 125 cm³/mol.